The Morgan fingerprint density at radius 2 is 2.23 bits per heavy atom. The van der Waals surface area contributed by atoms with Crippen LogP contribution >= 0.6 is 0 Å². The summed E-state index contributed by atoms with van der Waals surface area (Å²) in [5.74, 6) is 1.40. The molecular formula is C15H19N5O2. The second kappa shape index (κ2) is 5.24. The van der Waals surface area contributed by atoms with Gasteiger partial charge in [-0.15, -0.1) is 0 Å². The van der Waals surface area contributed by atoms with E-state index >= 15 is 0 Å². The lowest BCUT2D eigenvalue weighted by atomic mass is 9.73. The molecule has 22 heavy (non-hydrogen) atoms. The number of nitrogens with one attached hydrogen (secondary N) is 3. The Balaban J connectivity index is 1.72. The number of amides is 1. The summed E-state index contributed by atoms with van der Waals surface area (Å²) >= 11 is 0. The van der Waals surface area contributed by atoms with Crippen molar-refractivity contribution < 1.29 is 9.53 Å². The molecule has 2 unspecified atom stereocenters. The SMILES string of the molecule is COc1nccc(C2CC(=O)NC3=C2C(C2CCC2)NN3)n1. The summed E-state index contributed by atoms with van der Waals surface area (Å²) in [6, 6.07) is 2.46. The van der Waals surface area contributed by atoms with Gasteiger partial charge in [0.05, 0.1) is 18.8 Å². The number of aromatic nitrogens is 2. The van der Waals surface area contributed by atoms with Crippen molar-refractivity contribution in [3.05, 3.63) is 29.4 Å². The molecule has 4 rings (SSSR count). The molecule has 0 bridgehead atoms. The molecule has 7 nitrogen and oxygen atoms in total. The topological polar surface area (TPSA) is 88.2 Å². The summed E-state index contributed by atoms with van der Waals surface area (Å²) in [6.45, 7) is 0. The lowest BCUT2D eigenvalue weighted by Crippen LogP contribution is -2.41. The molecule has 3 N–H and O–H groups in total. The van der Waals surface area contributed by atoms with E-state index in [1.54, 1.807) is 13.3 Å². The highest BCUT2D eigenvalue weighted by Gasteiger charge is 2.42. The molecule has 116 valence electrons. The highest BCUT2D eigenvalue weighted by molar-refractivity contribution is 5.81. The Morgan fingerprint density at radius 3 is 2.95 bits per heavy atom. The van der Waals surface area contributed by atoms with E-state index < -0.39 is 0 Å². The Morgan fingerprint density at radius 1 is 1.36 bits per heavy atom. The number of carbonyl (C=O) groups is 1. The summed E-state index contributed by atoms with van der Waals surface area (Å²) in [6.07, 6.45) is 5.82. The average molecular weight is 301 g/mol. The van der Waals surface area contributed by atoms with Gasteiger partial charge in [-0.05, 0) is 24.8 Å². The number of ether oxygens (including phenoxy) is 1. The van der Waals surface area contributed by atoms with Crippen LogP contribution < -0.4 is 20.9 Å². The first kappa shape index (κ1) is 13.5. The molecule has 3 heterocycles. The largest absolute Gasteiger partial charge is 0.467 e. The van der Waals surface area contributed by atoms with Gasteiger partial charge in [0.1, 0.15) is 5.82 Å². The summed E-state index contributed by atoms with van der Waals surface area (Å²) in [5, 5.41) is 2.93. The van der Waals surface area contributed by atoms with E-state index in [0.717, 1.165) is 11.5 Å². The first-order chi connectivity index (χ1) is 10.8. The van der Waals surface area contributed by atoms with Crippen LogP contribution in [-0.4, -0.2) is 29.0 Å². The molecule has 0 spiro atoms. The minimum absolute atomic E-state index is 0.00453. The predicted molar refractivity (Wildman–Crippen MR) is 78.5 cm³/mol. The summed E-state index contributed by atoms with van der Waals surface area (Å²) in [5.41, 5.74) is 8.53. The number of methoxy groups -OCH3 is 1. The van der Waals surface area contributed by atoms with Crippen LogP contribution in [0, 0.1) is 5.92 Å². The van der Waals surface area contributed by atoms with Crippen LogP contribution in [0.15, 0.2) is 23.7 Å². The van der Waals surface area contributed by atoms with E-state index in [2.05, 4.69) is 26.1 Å². The van der Waals surface area contributed by atoms with Gasteiger partial charge in [-0.3, -0.25) is 4.79 Å². The lowest BCUT2D eigenvalue weighted by Gasteiger charge is -2.35. The van der Waals surface area contributed by atoms with E-state index in [4.69, 9.17) is 4.74 Å². The Kier molecular flexibility index (Phi) is 3.22. The van der Waals surface area contributed by atoms with Gasteiger partial charge in [-0.2, -0.15) is 4.98 Å². The fourth-order valence-electron chi connectivity index (χ4n) is 3.49. The van der Waals surface area contributed by atoms with Crippen molar-refractivity contribution in [2.24, 2.45) is 5.92 Å². The van der Waals surface area contributed by atoms with Crippen molar-refractivity contribution in [1.82, 2.24) is 26.1 Å². The maximum absolute atomic E-state index is 12.0. The minimum Gasteiger partial charge on any atom is -0.467 e. The van der Waals surface area contributed by atoms with Crippen LogP contribution in [0.4, 0.5) is 0 Å². The summed E-state index contributed by atoms with van der Waals surface area (Å²) in [4.78, 5) is 20.5. The van der Waals surface area contributed by atoms with Gasteiger partial charge in [-0.1, -0.05) is 6.42 Å². The fraction of sp³-hybridized carbons (Fsp3) is 0.533. The highest BCUT2D eigenvalue weighted by atomic mass is 16.5. The number of hydrogen-bond donors (Lipinski definition) is 3. The van der Waals surface area contributed by atoms with Crippen molar-refractivity contribution in [1.29, 1.82) is 0 Å². The van der Waals surface area contributed by atoms with Gasteiger partial charge < -0.3 is 15.5 Å². The van der Waals surface area contributed by atoms with E-state index in [9.17, 15) is 4.79 Å². The second-order valence-electron chi connectivity index (χ2n) is 6.04. The standard InChI is InChI=1S/C15H19N5O2/c1-22-15-16-6-5-10(17-15)9-7-11(21)18-14-12(9)13(19-20-14)8-3-2-4-8/h5-6,8-9,13,19-20H,2-4,7H2,1H3,(H,18,21). The van der Waals surface area contributed by atoms with Crippen LogP contribution in [0.5, 0.6) is 6.01 Å². The molecule has 1 aliphatic carbocycles. The van der Waals surface area contributed by atoms with E-state index in [1.165, 1.54) is 24.8 Å². The highest BCUT2D eigenvalue weighted by Crippen LogP contribution is 2.42. The molecule has 0 saturated heterocycles. The smallest absolute Gasteiger partial charge is 0.316 e. The molecule has 1 aromatic heterocycles. The molecular weight excluding hydrogens is 282 g/mol. The molecule has 1 aromatic rings. The van der Waals surface area contributed by atoms with Gasteiger partial charge in [0.15, 0.2) is 0 Å². The summed E-state index contributed by atoms with van der Waals surface area (Å²) in [7, 11) is 1.55. The third-order valence-electron chi connectivity index (χ3n) is 4.82. The molecule has 0 radical (unpaired) electrons. The van der Waals surface area contributed by atoms with E-state index in [0.29, 0.717) is 18.3 Å². The Labute approximate surface area is 128 Å². The molecule has 1 saturated carbocycles. The van der Waals surface area contributed by atoms with Crippen molar-refractivity contribution in [3.63, 3.8) is 0 Å². The normalized spacial score (nSPS) is 27.8. The Hall–Kier alpha value is -2.15. The molecule has 0 aromatic carbocycles. The monoisotopic (exact) mass is 301 g/mol. The number of hydrazine groups is 1. The van der Waals surface area contributed by atoms with E-state index in [1.807, 2.05) is 6.07 Å². The van der Waals surface area contributed by atoms with E-state index in [-0.39, 0.29) is 17.9 Å². The number of rotatable bonds is 3. The van der Waals surface area contributed by atoms with Crippen LogP contribution in [0.25, 0.3) is 0 Å². The van der Waals surface area contributed by atoms with Crippen molar-refractivity contribution in [3.8, 4) is 6.01 Å². The Bertz CT molecular complexity index is 641. The van der Waals surface area contributed by atoms with Gasteiger partial charge in [-0.25, -0.2) is 10.4 Å². The predicted octanol–water partition coefficient (Wildman–Crippen LogP) is 0.577. The molecule has 3 aliphatic rings. The van der Waals surface area contributed by atoms with Crippen molar-refractivity contribution in [2.75, 3.05) is 7.11 Å². The third-order valence-corrected chi connectivity index (χ3v) is 4.82. The van der Waals surface area contributed by atoms with Gasteiger partial charge in [0.2, 0.25) is 5.91 Å². The third kappa shape index (κ3) is 2.12. The van der Waals surface area contributed by atoms with Crippen LogP contribution in [0.1, 0.15) is 37.3 Å². The zero-order valence-electron chi connectivity index (χ0n) is 12.4. The quantitative estimate of drug-likeness (QED) is 0.757. The molecule has 7 heteroatoms. The van der Waals surface area contributed by atoms with Gasteiger partial charge in [0.25, 0.3) is 0 Å². The maximum atomic E-state index is 12.0. The van der Waals surface area contributed by atoms with Gasteiger partial charge >= 0.3 is 6.01 Å². The first-order valence-electron chi connectivity index (χ1n) is 7.68. The fourth-order valence-corrected chi connectivity index (χ4v) is 3.49. The number of hydrogen-bond acceptors (Lipinski definition) is 6. The number of carbonyl (C=O) groups excluding carboxylic acids is 1. The van der Waals surface area contributed by atoms with Crippen molar-refractivity contribution in [2.45, 2.75) is 37.6 Å². The number of nitrogens with zero attached hydrogens (tertiary/aromatic N) is 2. The lowest BCUT2D eigenvalue weighted by molar-refractivity contribution is -0.121. The minimum atomic E-state index is -0.0336. The van der Waals surface area contributed by atoms with Crippen LogP contribution in [0.3, 0.4) is 0 Å². The average Bonchev–Trinajstić information content (AvgIpc) is 2.88. The zero-order chi connectivity index (χ0) is 15.1. The zero-order valence-corrected chi connectivity index (χ0v) is 12.4. The molecule has 2 aliphatic heterocycles. The first-order valence-corrected chi connectivity index (χ1v) is 7.68. The van der Waals surface area contributed by atoms with Crippen molar-refractivity contribution >= 4 is 5.91 Å². The molecule has 1 amide bonds. The molecule has 1 fully saturated rings. The van der Waals surface area contributed by atoms with Gasteiger partial charge in [0, 0.05) is 24.1 Å². The van der Waals surface area contributed by atoms with Crippen LogP contribution in [-0.2, 0) is 4.79 Å². The second-order valence-corrected chi connectivity index (χ2v) is 6.04. The molecule has 2 atom stereocenters. The summed E-state index contributed by atoms with van der Waals surface area (Å²) < 4.78 is 5.12. The maximum Gasteiger partial charge on any atom is 0.316 e. The van der Waals surface area contributed by atoms with Crippen LogP contribution in [0.2, 0.25) is 0 Å².